The van der Waals surface area contributed by atoms with Crippen LogP contribution in [0.2, 0.25) is 0 Å². The number of hydrogen-bond acceptors (Lipinski definition) is 5. The van der Waals surface area contributed by atoms with Crippen LogP contribution in [0.15, 0.2) is 23.1 Å². The predicted molar refractivity (Wildman–Crippen MR) is 127 cm³/mol. The third-order valence-electron chi connectivity index (χ3n) is 6.97. The van der Waals surface area contributed by atoms with Crippen molar-refractivity contribution in [1.82, 2.24) is 19.7 Å². The minimum atomic E-state index is -0.988. The van der Waals surface area contributed by atoms with Crippen LogP contribution in [0, 0.1) is 6.92 Å². The van der Waals surface area contributed by atoms with E-state index in [4.69, 9.17) is 9.47 Å². The van der Waals surface area contributed by atoms with Crippen molar-refractivity contribution in [3.8, 4) is 0 Å². The Labute approximate surface area is 197 Å². The van der Waals surface area contributed by atoms with E-state index in [1.165, 1.54) is 6.92 Å². The van der Waals surface area contributed by atoms with E-state index in [0.717, 1.165) is 29.3 Å². The van der Waals surface area contributed by atoms with Crippen LogP contribution in [0.25, 0.3) is 21.8 Å². The molecule has 2 aromatic heterocycles. The van der Waals surface area contributed by atoms with Gasteiger partial charge in [-0.2, -0.15) is 5.10 Å². The standard InChI is InChI=1S/C25H31FN4O4/c1-15-11-22-20(12-19(15)25(32)29-7-3-18(4-8-29)34-14-16(2)26)23-21(24(31)28-22)13-27-30(23)17-5-9-33-10-6-17/h11-13,16-18H,3-10,14H2,1-2H3,(H,28,31)/t16-/m1/s1. The maximum absolute atomic E-state index is 13.5. The number of piperidine rings is 1. The van der Waals surface area contributed by atoms with E-state index in [1.807, 2.05) is 28.6 Å². The van der Waals surface area contributed by atoms with Crippen LogP contribution >= 0.6 is 0 Å². The molecule has 1 amide bonds. The number of nitrogens with zero attached hydrogens (tertiary/aromatic N) is 3. The van der Waals surface area contributed by atoms with Gasteiger partial charge in [0.1, 0.15) is 6.17 Å². The Morgan fingerprint density at radius 1 is 1.24 bits per heavy atom. The van der Waals surface area contributed by atoms with Crippen molar-refractivity contribution in [3.05, 3.63) is 39.8 Å². The van der Waals surface area contributed by atoms with Gasteiger partial charge in [-0.3, -0.25) is 14.3 Å². The number of alkyl halides is 1. The number of likely N-dealkylation sites (tertiary alicyclic amines) is 1. The monoisotopic (exact) mass is 470 g/mol. The molecule has 1 N–H and O–H groups in total. The number of aromatic nitrogens is 3. The summed E-state index contributed by atoms with van der Waals surface area (Å²) in [7, 11) is 0. The number of aromatic amines is 1. The minimum Gasteiger partial charge on any atom is -0.381 e. The lowest BCUT2D eigenvalue weighted by Crippen LogP contribution is -2.41. The van der Waals surface area contributed by atoms with Gasteiger partial charge in [-0.15, -0.1) is 0 Å². The molecule has 1 aromatic carbocycles. The van der Waals surface area contributed by atoms with Gasteiger partial charge in [-0.1, -0.05) is 0 Å². The van der Waals surface area contributed by atoms with Crippen molar-refractivity contribution in [2.45, 2.75) is 57.8 Å². The molecular formula is C25H31FN4O4. The largest absolute Gasteiger partial charge is 0.381 e. The Kier molecular flexibility index (Phi) is 6.40. The number of hydrogen-bond donors (Lipinski definition) is 1. The number of halogens is 1. The van der Waals surface area contributed by atoms with Crippen molar-refractivity contribution in [1.29, 1.82) is 0 Å². The third-order valence-corrected chi connectivity index (χ3v) is 6.97. The summed E-state index contributed by atoms with van der Waals surface area (Å²) in [5.74, 6) is -0.0341. The fourth-order valence-electron chi connectivity index (χ4n) is 5.10. The highest BCUT2D eigenvalue weighted by Crippen LogP contribution is 2.30. The summed E-state index contributed by atoms with van der Waals surface area (Å²) in [4.78, 5) is 31.0. The molecule has 9 heteroatoms. The summed E-state index contributed by atoms with van der Waals surface area (Å²) in [6.45, 7) is 5.95. The number of H-pyrrole nitrogens is 1. The molecule has 0 radical (unpaired) electrons. The lowest BCUT2D eigenvalue weighted by Gasteiger charge is -2.32. The molecule has 182 valence electrons. The summed E-state index contributed by atoms with van der Waals surface area (Å²) in [6, 6.07) is 3.93. The zero-order chi connectivity index (χ0) is 23.8. The highest BCUT2D eigenvalue weighted by Gasteiger charge is 2.27. The zero-order valence-corrected chi connectivity index (χ0v) is 19.7. The molecule has 0 aliphatic carbocycles. The molecular weight excluding hydrogens is 439 g/mol. The van der Waals surface area contributed by atoms with Gasteiger partial charge in [0.15, 0.2) is 0 Å². The topological polar surface area (TPSA) is 89.4 Å². The number of nitrogens with one attached hydrogen (secondary N) is 1. The molecule has 2 aliphatic rings. The van der Waals surface area contributed by atoms with Crippen LogP contribution in [0.1, 0.15) is 54.6 Å². The first-order valence-corrected chi connectivity index (χ1v) is 12.1. The summed E-state index contributed by atoms with van der Waals surface area (Å²) in [5.41, 5.74) is 2.73. The van der Waals surface area contributed by atoms with E-state index in [9.17, 15) is 14.0 Å². The van der Waals surface area contributed by atoms with Gasteiger partial charge in [0.05, 0.1) is 41.4 Å². The molecule has 0 unspecified atom stereocenters. The molecule has 2 fully saturated rings. The Balaban J connectivity index is 1.48. The van der Waals surface area contributed by atoms with Gasteiger partial charge >= 0.3 is 0 Å². The molecule has 0 spiro atoms. The second-order valence-electron chi connectivity index (χ2n) is 9.47. The van der Waals surface area contributed by atoms with Gasteiger partial charge in [0.2, 0.25) is 0 Å². The molecule has 0 saturated carbocycles. The van der Waals surface area contributed by atoms with Crippen molar-refractivity contribution < 1.29 is 18.7 Å². The van der Waals surface area contributed by atoms with Gasteiger partial charge < -0.3 is 19.4 Å². The van der Waals surface area contributed by atoms with Gasteiger partial charge in [0, 0.05) is 37.3 Å². The maximum Gasteiger partial charge on any atom is 0.259 e. The van der Waals surface area contributed by atoms with Crippen molar-refractivity contribution >= 4 is 27.7 Å². The summed E-state index contributed by atoms with van der Waals surface area (Å²) in [5, 5.41) is 5.91. The number of ether oxygens (including phenoxy) is 2. The number of fused-ring (bicyclic) bond motifs is 3. The van der Waals surface area contributed by atoms with Crippen LogP contribution in [0.3, 0.4) is 0 Å². The predicted octanol–water partition coefficient (Wildman–Crippen LogP) is 3.52. The fraction of sp³-hybridized carbons (Fsp3) is 0.560. The van der Waals surface area contributed by atoms with E-state index < -0.39 is 6.17 Å². The summed E-state index contributed by atoms with van der Waals surface area (Å²) < 4.78 is 26.1. The van der Waals surface area contributed by atoms with Crippen molar-refractivity contribution in [2.75, 3.05) is 32.9 Å². The second-order valence-corrected chi connectivity index (χ2v) is 9.47. The zero-order valence-electron chi connectivity index (χ0n) is 19.7. The molecule has 4 heterocycles. The van der Waals surface area contributed by atoms with Gasteiger partial charge in [-0.05, 0) is 57.2 Å². The average Bonchev–Trinajstić information content (AvgIpc) is 3.29. The number of carbonyl (C=O) groups excluding carboxylic acids is 1. The first kappa shape index (κ1) is 23.0. The normalized spacial score (nSPS) is 19.2. The van der Waals surface area contributed by atoms with Crippen LogP contribution in [-0.4, -0.2) is 70.8 Å². The van der Waals surface area contributed by atoms with E-state index >= 15 is 0 Å². The molecule has 0 bridgehead atoms. The third kappa shape index (κ3) is 4.34. The lowest BCUT2D eigenvalue weighted by molar-refractivity contribution is -0.0101. The van der Waals surface area contributed by atoms with E-state index in [-0.39, 0.29) is 30.2 Å². The fourth-order valence-corrected chi connectivity index (χ4v) is 5.10. The number of rotatable bonds is 5. The van der Waals surface area contributed by atoms with Crippen LogP contribution < -0.4 is 5.56 Å². The van der Waals surface area contributed by atoms with Crippen molar-refractivity contribution in [3.63, 3.8) is 0 Å². The van der Waals surface area contributed by atoms with Crippen LogP contribution in [0.4, 0.5) is 4.39 Å². The quantitative estimate of drug-likeness (QED) is 0.616. The number of carbonyl (C=O) groups is 1. The second kappa shape index (κ2) is 9.46. The first-order chi connectivity index (χ1) is 16.4. The number of aryl methyl sites for hydroxylation is 1. The molecule has 5 rings (SSSR count). The summed E-state index contributed by atoms with van der Waals surface area (Å²) >= 11 is 0. The van der Waals surface area contributed by atoms with Crippen LogP contribution in [-0.2, 0) is 9.47 Å². The van der Waals surface area contributed by atoms with E-state index in [0.29, 0.717) is 55.6 Å². The molecule has 1 atom stereocenters. The maximum atomic E-state index is 13.5. The molecule has 2 saturated heterocycles. The highest BCUT2D eigenvalue weighted by atomic mass is 19.1. The average molecular weight is 471 g/mol. The number of pyridine rings is 1. The van der Waals surface area contributed by atoms with E-state index in [1.54, 1.807) is 6.20 Å². The minimum absolute atomic E-state index is 0.0153. The molecule has 34 heavy (non-hydrogen) atoms. The highest BCUT2D eigenvalue weighted by molar-refractivity contribution is 6.07. The Hall–Kier alpha value is -2.78. The van der Waals surface area contributed by atoms with E-state index in [2.05, 4.69) is 10.1 Å². The van der Waals surface area contributed by atoms with Crippen molar-refractivity contribution in [2.24, 2.45) is 0 Å². The SMILES string of the molecule is Cc1cc2[nH]c(=O)c3cnn(C4CCOCC4)c3c2cc1C(=O)N1CCC(OC[C@@H](C)F)CC1. The Bertz CT molecular complexity index is 1250. The number of benzene rings is 1. The van der Waals surface area contributed by atoms with Crippen LogP contribution in [0.5, 0.6) is 0 Å². The van der Waals surface area contributed by atoms with Gasteiger partial charge in [-0.25, -0.2) is 4.39 Å². The summed E-state index contributed by atoms with van der Waals surface area (Å²) in [6.07, 6.45) is 3.67. The molecule has 2 aliphatic heterocycles. The smallest absolute Gasteiger partial charge is 0.259 e. The Morgan fingerprint density at radius 3 is 2.68 bits per heavy atom. The molecule has 3 aromatic rings. The first-order valence-electron chi connectivity index (χ1n) is 12.1. The lowest BCUT2D eigenvalue weighted by atomic mass is 10.0. The Morgan fingerprint density at radius 2 is 1.97 bits per heavy atom. The number of amides is 1. The molecule has 8 nitrogen and oxygen atoms in total. The van der Waals surface area contributed by atoms with Gasteiger partial charge in [0.25, 0.3) is 11.5 Å².